The van der Waals surface area contributed by atoms with Crippen LogP contribution in [0.25, 0.3) is 0 Å². The van der Waals surface area contributed by atoms with Crippen molar-refractivity contribution in [2.75, 3.05) is 0 Å². The quantitative estimate of drug-likeness (QED) is 0.715. The lowest BCUT2D eigenvalue weighted by atomic mass is 10.1. The van der Waals surface area contributed by atoms with Gasteiger partial charge in [-0.2, -0.15) is 0 Å². The Morgan fingerprint density at radius 3 is 2.69 bits per heavy atom. The molecular formula is C14H14N2. The van der Waals surface area contributed by atoms with Gasteiger partial charge in [-0.15, -0.1) is 0 Å². The molecule has 0 fully saturated rings. The molecule has 0 atom stereocenters. The van der Waals surface area contributed by atoms with E-state index in [-0.39, 0.29) is 0 Å². The summed E-state index contributed by atoms with van der Waals surface area (Å²) in [6, 6.07) is 14.1. The van der Waals surface area contributed by atoms with Gasteiger partial charge >= 0.3 is 0 Å². The molecule has 80 valence electrons. The van der Waals surface area contributed by atoms with Crippen molar-refractivity contribution in [1.29, 1.82) is 0 Å². The highest BCUT2D eigenvalue weighted by atomic mass is 14.8. The summed E-state index contributed by atoms with van der Waals surface area (Å²) in [4.78, 5) is 8.60. The molecule has 0 aliphatic carbocycles. The molecule has 0 amide bonds. The first-order valence-corrected chi connectivity index (χ1v) is 5.31. The van der Waals surface area contributed by atoms with Crippen molar-refractivity contribution in [2.45, 2.75) is 13.5 Å². The van der Waals surface area contributed by atoms with E-state index in [1.54, 1.807) is 6.20 Å². The third-order valence-electron chi connectivity index (χ3n) is 2.40. The van der Waals surface area contributed by atoms with Gasteiger partial charge in [0.25, 0.3) is 0 Å². The topological polar surface area (TPSA) is 25.2 Å². The Morgan fingerprint density at radius 2 is 1.94 bits per heavy atom. The molecule has 1 aromatic heterocycles. The van der Waals surface area contributed by atoms with E-state index >= 15 is 0 Å². The SMILES string of the molecule is Cc1ccccc1/C=N/Cc1ccccn1. The average molecular weight is 210 g/mol. The molecule has 0 bridgehead atoms. The first-order chi connectivity index (χ1) is 7.86. The molecular weight excluding hydrogens is 196 g/mol. The van der Waals surface area contributed by atoms with E-state index in [4.69, 9.17) is 0 Å². The molecule has 2 rings (SSSR count). The second-order valence-corrected chi connectivity index (χ2v) is 3.65. The standard InChI is InChI=1S/C14H14N2/c1-12-6-2-3-7-13(12)10-15-11-14-8-4-5-9-16-14/h2-10H,11H2,1H3/b15-10+. The fourth-order valence-corrected chi connectivity index (χ4v) is 1.46. The third kappa shape index (κ3) is 2.76. The molecule has 16 heavy (non-hydrogen) atoms. The molecule has 0 radical (unpaired) electrons. The van der Waals surface area contributed by atoms with Crippen molar-refractivity contribution in [3.8, 4) is 0 Å². The maximum atomic E-state index is 4.39. The molecule has 0 spiro atoms. The van der Waals surface area contributed by atoms with Crippen molar-refractivity contribution in [2.24, 2.45) is 4.99 Å². The van der Waals surface area contributed by atoms with Crippen LogP contribution >= 0.6 is 0 Å². The third-order valence-corrected chi connectivity index (χ3v) is 2.40. The van der Waals surface area contributed by atoms with Crippen molar-refractivity contribution in [3.05, 3.63) is 65.5 Å². The van der Waals surface area contributed by atoms with Crippen LogP contribution in [-0.2, 0) is 6.54 Å². The normalized spacial score (nSPS) is 10.8. The zero-order valence-corrected chi connectivity index (χ0v) is 9.30. The van der Waals surface area contributed by atoms with E-state index in [0.29, 0.717) is 6.54 Å². The fraction of sp³-hybridized carbons (Fsp3) is 0.143. The number of aryl methyl sites for hydroxylation is 1. The van der Waals surface area contributed by atoms with Crippen molar-refractivity contribution >= 4 is 6.21 Å². The van der Waals surface area contributed by atoms with Gasteiger partial charge in [-0.25, -0.2) is 0 Å². The zero-order valence-electron chi connectivity index (χ0n) is 9.30. The molecule has 0 aliphatic rings. The Bertz CT molecular complexity index is 475. The van der Waals surface area contributed by atoms with E-state index in [9.17, 15) is 0 Å². The first-order valence-electron chi connectivity index (χ1n) is 5.31. The summed E-state index contributed by atoms with van der Waals surface area (Å²) < 4.78 is 0. The maximum Gasteiger partial charge on any atom is 0.0811 e. The highest BCUT2D eigenvalue weighted by Gasteiger charge is 1.92. The van der Waals surface area contributed by atoms with Crippen molar-refractivity contribution in [1.82, 2.24) is 4.98 Å². The monoisotopic (exact) mass is 210 g/mol. The predicted molar refractivity (Wildman–Crippen MR) is 66.7 cm³/mol. The van der Waals surface area contributed by atoms with Crippen LogP contribution in [0.15, 0.2) is 53.7 Å². The minimum absolute atomic E-state index is 0.634. The van der Waals surface area contributed by atoms with E-state index in [1.807, 2.05) is 36.5 Å². The Kier molecular flexibility index (Phi) is 3.44. The Hall–Kier alpha value is -1.96. The van der Waals surface area contributed by atoms with Crippen LogP contribution in [-0.4, -0.2) is 11.2 Å². The lowest BCUT2D eigenvalue weighted by Crippen LogP contribution is -1.89. The molecule has 1 aromatic carbocycles. The molecule has 0 N–H and O–H groups in total. The summed E-state index contributed by atoms with van der Waals surface area (Å²) in [6.45, 7) is 2.72. The summed E-state index contributed by atoms with van der Waals surface area (Å²) in [5, 5.41) is 0. The molecule has 0 saturated carbocycles. The van der Waals surface area contributed by atoms with Gasteiger partial charge in [-0.3, -0.25) is 9.98 Å². The number of aromatic nitrogens is 1. The molecule has 1 heterocycles. The van der Waals surface area contributed by atoms with E-state index in [2.05, 4.69) is 29.0 Å². The zero-order chi connectivity index (χ0) is 11.2. The average Bonchev–Trinajstić information content (AvgIpc) is 2.33. The molecule has 0 saturated heterocycles. The Balaban J connectivity index is 2.03. The van der Waals surface area contributed by atoms with Crippen LogP contribution in [0.4, 0.5) is 0 Å². The smallest absolute Gasteiger partial charge is 0.0811 e. The van der Waals surface area contributed by atoms with Crippen LogP contribution in [0.3, 0.4) is 0 Å². The highest BCUT2D eigenvalue weighted by Crippen LogP contribution is 2.04. The lowest BCUT2D eigenvalue weighted by Gasteiger charge is -1.98. The Morgan fingerprint density at radius 1 is 1.12 bits per heavy atom. The minimum atomic E-state index is 0.634. The number of rotatable bonds is 3. The molecule has 2 nitrogen and oxygen atoms in total. The minimum Gasteiger partial charge on any atom is -0.286 e. The number of benzene rings is 1. The molecule has 0 unspecified atom stereocenters. The fourth-order valence-electron chi connectivity index (χ4n) is 1.46. The van der Waals surface area contributed by atoms with Crippen LogP contribution in [0, 0.1) is 6.92 Å². The van der Waals surface area contributed by atoms with Crippen molar-refractivity contribution < 1.29 is 0 Å². The largest absolute Gasteiger partial charge is 0.286 e. The van der Waals surface area contributed by atoms with Gasteiger partial charge in [0.1, 0.15) is 0 Å². The van der Waals surface area contributed by atoms with Gasteiger partial charge in [0, 0.05) is 12.4 Å². The number of hydrogen-bond acceptors (Lipinski definition) is 2. The highest BCUT2D eigenvalue weighted by molar-refractivity contribution is 5.81. The number of aliphatic imine (C=N–C) groups is 1. The second kappa shape index (κ2) is 5.21. The summed E-state index contributed by atoms with van der Waals surface area (Å²) in [6.07, 6.45) is 3.70. The summed E-state index contributed by atoms with van der Waals surface area (Å²) in [5.41, 5.74) is 3.40. The molecule has 2 aromatic rings. The summed E-state index contributed by atoms with van der Waals surface area (Å²) in [7, 11) is 0. The van der Waals surface area contributed by atoms with E-state index in [1.165, 1.54) is 11.1 Å². The number of pyridine rings is 1. The Labute approximate surface area is 95.7 Å². The van der Waals surface area contributed by atoms with E-state index < -0.39 is 0 Å². The van der Waals surface area contributed by atoms with Gasteiger partial charge in [-0.1, -0.05) is 30.3 Å². The second-order valence-electron chi connectivity index (χ2n) is 3.65. The molecule has 0 aliphatic heterocycles. The van der Waals surface area contributed by atoms with Gasteiger partial charge in [0.05, 0.1) is 12.2 Å². The summed E-state index contributed by atoms with van der Waals surface area (Å²) >= 11 is 0. The number of nitrogens with zero attached hydrogens (tertiary/aromatic N) is 2. The van der Waals surface area contributed by atoms with Gasteiger partial charge in [0.2, 0.25) is 0 Å². The van der Waals surface area contributed by atoms with Crippen molar-refractivity contribution in [3.63, 3.8) is 0 Å². The maximum absolute atomic E-state index is 4.39. The van der Waals surface area contributed by atoms with Crippen LogP contribution < -0.4 is 0 Å². The molecule has 2 heteroatoms. The van der Waals surface area contributed by atoms with Gasteiger partial charge < -0.3 is 0 Å². The van der Waals surface area contributed by atoms with Gasteiger partial charge in [-0.05, 0) is 30.2 Å². The summed E-state index contributed by atoms with van der Waals surface area (Å²) in [5.74, 6) is 0. The van der Waals surface area contributed by atoms with Crippen LogP contribution in [0.5, 0.6) is 0 Å². The van der Waals surface area contributed by atoms with E-state index in [0.717, 1.165) is 5.69 Å². The lowest BCUT2D eigenvalue weighted by molar-refractivity contribution is 0.995. The number of hydrogen-bond donors (Lipinski definition) is 0. The first kappa shape index (κ1) is 10.6. The predicted octanol–water partition coefficient (Wildman–Crippen LogP) is 3.01. The van der Waals surface area contributed by atoms with Crippen LogP contribution in [0.2, 0.25) is 0 Å². The van der Waals surface area contributed by atoms with Gasteiger partial charge in [0.15, 0.2) is 0 Å². The van der Waals surface area contributed by atoms with Crippen LogP contribution in [0.1, 0.15) is 16.8 Å².